The van der Waals surface area contributed by atoms with Gasteiger partial charge in [0.25, 0.3) is 5.91 Å². The van der Waals surface area contributed by atoms with Crippen LogP contribution in [0.25, 0.3) is 11.5 Å². The number of carbonyl (C=O) groups is 1. The first-order valence-corrected chi connectivity index (χ1v) is 8.17. The maximum Gasteiger partial charge on any atom is 0.258 e. The number of carbonyl (C=O) groups excluding carboxylic acids is 1. The maximum atomic E-state index is 11.8. The summed E-state index contributed by atoms with van der Waals surface area (Å²) in [6.07, 6.45) is 1.58. The number of rotatable bonds is 8. The van der Waals surface area contributed by atoms with Gasteiger partial charge in [0.2, 0.25) is 5.88 Å². The van der Waals surface area contributed by atoms with Crippen LogP contribution in [-0.2, 0) is 4.79 Å². The predicted molar refractivity (Wildman–Crippen MR) is 94.9 cm³/mol. The number of furan rings is 1. The second kappa shape index (κ2) is 8.66. The molecule has 0 bridgehead atoms. The molecule has 0 saturated carbocycles. The maximum absolute atomic E-state index is 11.8. The highest BCUT2D eigenvalue weighted by Crippen LogP contribution is 2.17. The van der Waals surface area contributed by atoms with Crippen molar-refractivity contribution in [2.75, 3.05) is 19.8 Å². The molecule has 1 N–H and O–H groups in total. The van der Waals surface area contributed by atoms with Crippen LogP contribution in [0.3, 0.4) is 0 Å². The summed E-state index contributed by atoms with van der Waals surface area (Å²) in [5.74, 6) is 1.48. The predicted octanol–water partition coefficient (Wildman–Crippen LogP) is 2.62. The van der Waals surface area contributed by atoms with Gasteiger partial charge >= 0.3 is 0 Å². The number of nitrogens with zero attached hydrogens (tertiary/aromatic N) is 2. The molecule has 0 fully saturated rings. The number of benzene rings is 1. The highest BCUT2D eigenvalue weighted by molar-refractivity contribution is 5.77. The van der Waals surface area contributed by atoms with E-state index in [1.54, 1.807) is 30.5 Å². The van der Waals surface area contributed by atoms with E-state index in [-0.39, 0.29) is 19.1 Å². The third-order valence-electron chi connectivity index (χ3n) is 3.45. The molecule has 7 nitrogen and oxygen atoms in total. The first kappa shape index (κ1) is 17.5. The quantitative estimate of drug-likeness (QED) is 0.627. The minimum atomic E-state index is -0.214. The van der Waals surface area contributed by atoms with Crippen molar-refractivity contribution in [2.45, 2.75) is 6.92 Å². The van der Waals surface area contributed by atoms with E-state index in [2.05, 4.69) is 15.5 Å². The van der Waals surface area contributed by atoms with Crippen LogP contribution >= 0.6 is 0 Å². The fourth-order valence-corrected chi connectivity index (χ4v) is 2.20. The monoisotopic (exact) mass is 353 g/mol. The highest BCUT2D eigenvalue weighted by atomic mass is 16.5. The largest absolute Gasteiger partial charge is 0.484 e. The Balaban J connectivity index is 1.35. The lowest BCUT2D eigenvalue weighted by Crippen LogP contribution is -2.32. The fourth-order valence-electron chi connectivity index (χ4n) is 2.20. The van der Waals surface area contributed by atoms with Gasteiger partial charge in [-0.2, -0.15) is 0 Å². The Morgan fingerprint density at radius 2 is 2.04 bits per heavy atom. The molecule has 3 aromatic rings. The Labute approximate surface area is 151 Å². The van der Waals surface area contributed by atoms with Gasteiger partial charge in [0.1, 0.15) is 18.1 Å². The van der Waals surface area contributed by atoms with E-state index in [0.717, 1.165) is 5.56 Å². The van der Waals surface area contributed by atoms with Gasteiger partial charge in [-0.15, -0.1) is 10.2 Å². The Hall–Kier alpha value is -3.35. The van der Waals surface area contributed by atoms with Crippen LogP contribution in [0.1, 0.15) is 5.56 Å². The van der Waals surface area contributed by atoms with Crippen molar-refractivity contribution in [2.24, 2.45) is 0 Å². The summed E-state index contributed by atoms with van der Waals surface area (Å²) in [6.45, 7) is 2.55. The smallest absolute Gasteiger partial charge is 0.258 e. The molecule has 0 saturated heterocycles. The van der Waals surface area contributed by atoms with E-state index in [4.69, 9.17) is 13.9 Å². The molecule has 2 heterocycles. The van der Waals surface area contributed by atoms with Gasteiger partial charge in [-0.1, -0.05) is 12.1 Å². The Morgan fingerprint density at radius 3 is 2.77 bits per heavy atom. The third-order valence-corrected chi connectivity index (χ3v) is 3.45. The van der Waals surface area contributed by atoms with Gasteiger partial charge in [0, 0.05) is 6.07 Å². The first-order chi connectivity index (χ1) is 12.7. The van der Waals surface area contributed by atoms with Crippen LogP contribution in [0.4, 0.5) is 0 Å². The van der Waals surface area contributed by atoms with E-state index >= 15 is 0 Å². The van der Waals surface area contributed by atoms with E-state index in [0.29, 0.717) is 29.6 Å². The van der Waals surface area contributed by atoms with Gasteiger partial charge < -0.3 is 19.2 Å². The lowest BCUT2D eigenvalue weighted by Gasteiger charge is -2.08. The molecule has 3 rings (SSSR count). The molecule has 0 atom stereocenters. The van der Waals surface area contributed by atoms with E-state index in [9.17, 15) is 4.79 Å². The summed E-state index contributed by atoms with van der Waals surface area (Å²) in [7, 11) is 0. The summed E-state index contributed by atoms with van der Waals surface area (Å²) in [5, 5.41) is 10.7. The summed E-state index contributed by atoms with van der Waals surface area (Å²) in [4.78, 5) is 11.8. The number of hydrogen-bond donors (Lipinski definition) is 1. The van der Waals surface area contributed by atoms with Crippen molar-refractivity contribution < 1.29 is 18.7 Å². The number of ether oxygens (including phenoxy) is 2. The summed E-state index contributed by atoms with van der Waals surface area (Å²) in [5.41, 5.74) is 1.71. The SMILES string of the molecule is Cc1cccc(OCC(=O)NCCOc2ccc(-c3ccco3)nn2)c1. The zero-order chi connectivity index (χ0) is 18.2. The number of aromatic nitrogens is 2. The normalized spacial score (nSPS) is 10.3. The highest BCUT2D eigenvalue weighted by Gasteiger charge is 2.05. The van der Waals surface area contributed by atoms with Crippen molar-refractivity contribution >= 4 is 5.91 Å². The molecule has 0 aliphatic rings. The fraction of sp³-hybridized carbons (Fsp3) is 0.211. The molecule has 134 valence electrons. The van der Waals surface area contributed by atoms with Gasteiger partial charge in [-0.3, -0.25) is 4.79 Å². The second-order valence-corrected chi connectivity index (χ2v) is 5.54. The van der Waals surface area contributed by atoms with Crippen LogP contribution in [-0.4, -0.2) is 35.9 Å². The summed E-state index contributed by atoms with van der Waals surface area (Å²) >= 11 is 0. The molecular formula is C19H19N3O4. The molecule has 0 radical (unpaired) electrons. The zero-order valence-corrected chi connectivity index (χ0v) is 14.3. The van der Waals surface area contributed by atoms with Crippen molar-refractivity contribution in [3.63, 3.8) is 0 Å². The molecule has 0 spiro atoms. The van der Waals surface area contributed by atoms with Crippen LogP contribution in [0.5, 0.6) is 11.6 Å². The number of amides is 1. The first-order valence-electron chi connectivity index (χ1n) is 8.17. The topological polar surface area (TPSA) is 86.5 Å². The van der Waals surface area contributed by atoms with E-state index in [1.165, 1.54) is 0 Å². The molecule has 2 aromatic heterocycles. The van der Waals surface area contributed by atoms with Crippen molar-refractivity contribution in [3.8, 4) is 23.1 Å². The lowest BCUT2D eigenvalue weighted by molar-refractivity contribution is -0.123. The molecule has 7 heteroatoms. The van der Waals surface area contributed by atoms with Crippen LogP contribution in [0, 0.1) is 6.92 Å². The average Bonchev–Trinajstić information content (AvgIpc) is 3.19. The molecule has 1 aromatic carbocycles. The summed E-state index contributed by atoms with van der Waals surface area (Å²) < 4.78 is 16.1. The Kier molecular flexibility index (Phi) is 5.82. The molecule has 0 unspecified atom stereocenters. The standard InChI is InChI=1S/C19H19N3O4/c1-14-4-2-5-15(12-14)26-13-18(23)20-9-11-25-19-8-7-16(21-22-19)17-6-3-10-24-17/h2-8,10,12H,9,11,13H2,1H3,(H,20,23). The van der Waals surface area contributed by atoms with Gasteiger partial charge in [-0.05, 0) is 42.8 Å². The molecule has 0 aliphatic heterocycles. The number of hydrogen-bond acceptors (Lipinski definition) is 6. The zero-order valence-electron chi connectivity index (χ0n) is 14.3. The average molecular weight is 353 g/mol. The van der Waals surface area contributed by atoms with E-state index in [1.807, 2.05) is 31.2 Å². The van der Waals surface area contributed by atoms with Gasteiger partial charge in [-0.25, -0.2) is 0 Å². The summed E-state index contributed by atoms with van der Waals surface area (Å²) in [6, 6.07) is 14.6. The van der Waals surface area contributed by atoms with Crippen molar-refractivity contribution in [3.05, 3.63) is 60.4 Å². The number of aryl methyl sites for hydroxylation is 1. The minimum absolute atomic E-state index is 0.0406. The van der Waals surface area contributed by atoms with E-state index < -0.39 is 0 Å². The van der Waals surface area contributed by atoms with Crippen LogP contribution in [0.15, 0.2) is 59.2 Å². The number of nitrogens with one attached hydrogen (secondary N) is 1. The van der Waals surface area contributed by atoms with Crippen LogP contribution < -0.4 is 14.8 Å². The molecule has 1 amide bonds. The Morgan fingerprint density at radius 1 is 1.12 bits per heavy atom. The van der Waals surface area contributed by atoms with Gasteiger partial charge in [0.05, 0.1) is 12.8 Å². The minimum Gasteiger partial charge on any atom is -0.484 e. The lowest BCUT2D eigenvalue weighted by atomic mass is 10.2. The van der Waals surface area contributed by atoms with Crippen molar-refractivity contribution in [1.82, 2.24) is 15.5 Å². The third kappa shape index (κ3) is 5.07. The Bertz CT molecular complexity index is 832. The second-order valence-electron chi connectivity index (χ2n) is 5.54. The van der Waals surface area contributed by atoms with Gasteiger partial charge in [0.15, 0.2) is 12.4 Å². The molecule has 0 aliphatic carbocycles. The van der Waals surface area contributed by atoms with Crippen molar-refractivity contribution in [1.29, 1.82) is 0 Å². The molecule has 26 heavy (non-hydrogen) atoms. The van der Waals surface area contributed by atoms with Crippen LogP contribution in [0.2, 0.25) is 0 Å². The molecular weight excluding hydrogens is 334 g/mol.